The molecule has 0 spiro atoms. The first-order valence-electron chi connectivity index (χ1n) is 5.17. The fourth-order valence-electron chi connectivity index (χ4n) is 1.83. The number of carbonyl (C=O) groups excluding carboxylic acids is 1. The van der Waals surface area contributed by atoms with Crippen LogP contribution in [0.4, 0.5) is 10.5 Å². The number of nitrogens with one attached hydrogen (secondary N) is 1. The number of anilines is 1. The summed E-state index contributed by atoms with van der Waals surface area (Å²) in [4.78, 5) is 11.0. The van der Waals surface area contributed by atoms with Crippen LogP contribution in [0.25, 0.3) is 0 Å². The maximum absolute atomic E-state index is 11.0. The highest BCUT2D eigenvalue weighted by atomic mass is 16.5. The number of hydrogen-bond acceptors (Lipinski definition) is 3. The number of carbonyl (C=O) groups is 1. The fourth-order valence-corrected chi connectivity index (χ4v) is 1.83. The zero-order chi connectivity index (χ0) is 11.8. The van der Waals surface area contributed by atoms with Crippen molar-refractivity contribution < 1.29 is 14.3 Å². The van der Waals surface area contributed by atoms with Gasteiger partial charge in [-0.25, -0.2) is 4.79 Å². The predicted molar refractivity (Wildman–Crippen MR) is 60.9 cm³/mol. The third-order valence-electron chi connectivity index (χ3n) is 2.50. The van der Waals surface area contributed by atoms with Crippen molar-refractivity contribution in [1.82, 2.24) is 0 Å². The molecule has 1 amide bonds. The first kappa shape index (κ1) is 10.8. The van der Waals surface area contributed by atoms with Gasteiger partial charge in [-0.05, 0) is 25.5 Å². The molecule has 2 rings (SSSR count). The summed E-state index contributed by atoms with van der Waals surface area (Å²) in [5.74, 6) is 0.832. The van der Waals surface area contributed by atoms with Gasteiger partial charge in [-0.3, -0.25) is 5.32 Å². The highest BCUT2D eigenvalue weighted by Gasteiger charge is 2.29. The molecule has 0 atom stereocenters. The Morgan fingerprint density at radius 1 is 1.50 bits per heavy atom. The van der Waals surface area contributed by atoms with E-state index in [1.165, 1.54) is 12.7 Å². The molecule has 1 aromatic carbocycles. The monoisotopic (exact) mass is 221 g/mol. The standard InChI is InChI=1S/C12H15NO3/c1-12(2)7-8-4-5-9(6-10(8)16-12)13-11(14)15-3/h4-6H,7H2,1-3H3,(H,13,14). The van der Waals surface area contributed by atoms with Crippen LogP contribution < -0.4 is 10.1 Å². The number of fused-ring (bicyclic) bond motifs is 1. The maximum atomic E-state index is 11.0. The minimum absolute atomic E-state index is 0.160. The molecule has 0 bridgehead atoms. The molecule has 0 aliphatic carbocycles. The van der Waals surface area contributed by atoms with Crippen LogP contribution in [0.15, 0.2) is 18.2 Å². The third kappa shape index (κ3) is 2.10. The van der Waals surface area contributed by atoms with Crippen LogP contribution in [0.1, 0.15) is 19.4 Å². The van der Waals surface area contributed by atoms with E-state index in [0.29, 0.717) is 5.69 Å². The molecule has 0 saturated carbocycles. The van der Waals surface area contributed by atoms with Crippen LogP contribution in [0, 0.1) is 0 Å². The second-order valence-electron chi connectivity index (χ2n) is 4.48. The largest absolute Gasteiger partial charge is 0.487 e. The van der Waals surface area contributed by atoms with E-state index in [9.17, 15) is 4.79 Å². The van der Waals surface area contributed by atoms with Crippen molar-refractivity contribution in [2.75, 3.05) is 12.4 Å². The highest BCUT2D eigenvalue weighted by molar-refractivity contribution is 5.84. The third-order valence-corrected chi connectivity index (χ3v) is 2.50. The number of amides is 1. The van der Waals surface area contributed by atoms with E-state index in [1.54, 1.807) is 0 Å². The Balaban J connectivity index is 2.19. The van der Waals surface area contributed by atoms with Crippen molar-refractivity contribution in [3.63, 3.8) is 0 Å². The molecule has 0 unspecified atom stereocenters. The second kappa shape index (κ2) is 3.70. The molecule has 1 aliphatic heterocycles. The zero-order valence-corrected chi connectivity index (χ0v) is 9.66. The number of rotatable bonds is 1. The van der Waals surface area contributed by atoms with Gasteiger partial charge in [0.25, 0.3) is 0 Å². The smallest absolute Gasteiger partial charge is 0.411 e. The van der Waals surface area contributed by atoms with Crippen LogP contribution in [0.3, 0.4) is 0 Å². The lowest BCUT2D eigenvalue weighted by atomic mass is 10.0. The van der Waals surface area contributed by atoms with Crippen LogP contribution >= 0.6 is 0 Å². The van der Waals surface area contributed by atoms with Crippen LogP contribution in [-0.4, -0.2) is 18.8 Å². The summed E-state index contributed by atoms with van der Waals surface area (Å²) >= 11 is 0. The Kier molecular flexibility index (Phi) is 2.50. The van der Waals surface area contributed by atoms with Crippen LogP contribution in [0.2, 0.25) is 0 Å². The lowest BCUT2D eigenvalue weighted by Crippen LogP contribution is -2.24. The lowest BCUT2D eigenvalue weighted by molar-refractivity contribution is 0.138. The summed E-state index contributed by atoms with van der Waals surface area (Å²) in [5.41, 5.74) is 1.69. The van der Waals surface area contributed by atoms with E-state index in [1.807, 2.05) is 32.0 Å². The number of ether oxygens (including phenoxy) is 2. The second-order valence-corrected chi connectivity index (χ2v) is 4.48. The van der Waals surface area contributed by atoms with Gasteiger partial charge in [-0.1, -0.05) is 6.07 Å². The van der Waals surface area contributed by atoms with E-state index < -0.39 is 6.09 Å². The summed E-state index contributed by atoms with van der Waals surface area (Å²) in [7, 11) is 1.34. The van der Waals surface area contributed by atoms with E-state index in [2.05, 4.69) is 10.1 Å². The summed E-state index contributed by atoms with van der Waals surface area (Å²) < 4.78 is 10.3. The first-order valence-corrected chi connectivity index (χ1v) is 5.17. The Morgan fingerprint density at radius 2 is 2.25 bits per heavy atom. The van der Waals surface area contributed by atoms with E-state index in [-0.39, 0.29) is 5.60 Å². The van der Waals surface area contributed by atoms with Crippen molar-refractivity contribution in [2.45, 2.75) is 25.9 Å². The Morgan fingerprint density at radius 3 is 2.94 bits per heavy atom. The minimum atomic E-state index is -0.475. The van der Waals surface area contributed by atoms with E-state index in [0.717, 1.165) is 12.2 Å². The van der Waals surface area contributed by atoms with Crippen molar-refractivity contribution in [3.8, 4) is 5.75 Å². The van der Waals surface area contributed by atoms with Crippen LogP contribution in [-0.2, 0) is 11.2 Å². The predicted octanol–water partition coefficient (Wildman–Crippen LogP) is 2.58. The number of hydrogen-bond donors (Lipinski definition) is 1. The molecule has 0 fully saturated rings. The summed E-state index contributed by atoms with van der Waals surface area (Å²) in [6.07, 6.45) is 0.415. The first-order chi connectivity index (χ1) is 7.50. The molecule has 86 valence electrons. The molecule has 4 nitrogen and oxygen atoms in total. The van der Waals surface area contributed by atoms with Crippen molar-refractivity contribution >= 4 is 11.8 Å². The Labute approximate surface area is 94.6 Å². The number of methoxy groups -OCH3 is 1. The number of benzene rings is 1. The van der Waals surface area contributed by atoms with Gasteiger partial charge in [0.2, 0.25) is 0 Å². The van der Waals surface area contributed by atoms with Gasteiger partial charge in [0.15, 0.2) is 0 Å². The fraction of sp³-hybridized carbons (Fsp3) is 0.417. The van der Waals surface area contributed by atoms with Gasteiger partial charge in [0, 0.05) is 18.2 Å². The van der Waals surface area contributed by atoms with Crippen molar-refractivity contribution in [1.29, 1.82) is 0 Å². The molecule has 16 heavy (non-hydrogen) atoms. The molecular weight excluding hydrogens is 206 g/mol. The van der Waals surface area contributed by atoms with Crippen LogP contribution in [0.5, 0.6) is 5.75 Å². The van der Waals surface area contributed by atoms with Gasteiger partial charge in [0.1, 0.15) is 11.4 Å². The molecule has 0 aromatic heterocycles. The molecule has 4 heteroatoms. The maximum Gasteiger partial charge on any atom is 0.411 e. The van der Waals surface area contributed by atoms with Gasteiger partial charge < -0.3 is 9.47 Å². The minimum Gasteiger partial charge on any atom is -0.487 e. The molecule has 1 aliphatic rings. The van der Waals surface area contributed by atoms with E-state index in [4.69, 9.17) is 4.74 Å². The Hall–Kier alpha value is -1.71. The average molecular weight is 221 g/mol. The van der Waals surface area contributed by atoms with Gasteiger partial charge >= 0.3 is 6.09 Å². The van der Waals surface area contributed by atoms with Crippen molar-refractivity contribution in [2.24, 2.45) is 0 Å². The molecule has 0 saturated heterocycles. The van der Waals surface area contributed by atoms with Crippen molar-refractivity contribution in [3.05, 3.63) is 23.8 Å². The lowest BCUT2D eigenvalue weighted by Gasteiger charge is -2.16. The average Bonchev–Trinajstić information content (AvgIpc) is 2.51. The zero-order valence-electron chi connectivity index (χ0n) is 9.66. The SMILES string of the molecule is COC(=O)Nc1ccc2c(c1)OC(C)(C)C2. The summed E-state index contributed by atoms with van der Waals surface area (Å²) in [6, 6.07) is 5.64. The topological polar surface area (TPSA) is 47.6 Å². The molecule has 1 N–H and O–H groups in total. The van der Waals surface area contributed by atoms with Gasteiger partial charge in [0.05, 0.1) is 7.11 Å². The molecule has 1 heterocycles. The quantitative estimate of drug-likeness (QED) is 0.792. The summed E-state index contributed by atoms with van der Waals surface area (Å²) in [6.45, 7) is 4.08. The Bertz CT molecular complexity index is 426. The van der Waals surface area contributed by atoms with E-state index >= 15 is 0 Å². The normalized spacial score (nSPS) is 16.2. The summed E-state index contributed by atoms with van der Waals surface area (Å²) in [5, 5.41) is 2.61. The highest BCUT2D eigenvalue weighted by Crippen LogP contribution is 2.36. The molecule has 0 radical (unpaired) electrons. The molecule has 1 aromatic rings. The van der Waals surface area contributed by atoms with Gasteiger partial charge in [-0.15, -0.1) is 0 Å². The molecular formula is C12H15NO3. The van der Waals surface area contributed by atoms with Gasteiger partial charge in [-0.2, -0.15) is 0 Å².